The third-order valence-electron chi connectivity index (χ3n) is 5.42. The van der Waals surface area contributed by atoms with Crippen LogP contribution in [0.25, 0.3) is 0 Å². The zero-order valence-corrected chi connectivity index (χ0v) is 20.9. The van der Waals surface area contributed by atoms with Crippen LogP contribution < -0.4 is 14.4 Å². The van der Waals surface area contributed by atoms with E-state index in [9.17, 15) is 13.2 Å². The Labute approximate surface area is 193 Å². The summed E-state index contributed by atoms with van der Waals surface area (Å²) in [6.07, 6.45) is 1.87. The van der Waals surface area contributed by atoms with E-state index >= 15 is 0 Å². The maximum atomic E-state index is 12.3. The summed E-state index contributed by atoms with van der Waals surface area (Å²) < 4.78 is 31.7. The molecule has 0 aliphatic rings. The maximum absolute atomic E-state index is 12.3. The van der Waals surface area contributed by atoms with E-state index in [1.165, 1.54) is 16.1 Å². The van der Waals surface area contributed by atoms with Gasteiger partial charge in [-0.05, 0) is 60.6 Å². The molecule has 0 aliphatic heterocycles. The first-order chi connectivity index (χ1) is 14.9. The fourth-order valence-electron chi connectivity index (χ4n) is 3.35. The number of carbonyl (C=O) groups excluding carboxylic acids is 1. The number of sulfonamides is 1. The molecule has 0 aromatic heterocycles. The van der Waals surface area contributed by atoms with Gasteiger partial charge in [-0.1, -0.05) is 45.0 Å². The molecule has 2 rings (SSSR count). The Morgan fingerprint density at radius 1 is 1.06 bits per heavy atom. The molecule has 0 aliphatic carbocycles. The van der Waals surface area contributed by atoms with Crippen molar-refractivity contribution in [2.24, 2.45) is 0 Å². The molecule has 0 atom stereocenters. The first-order valence-corrected chi connectivity index (χ1v) is 12.8. The number of ether oxygens (including phenoxy) is 1. The van der Waals surface area contributed by atoms with Crippen LogP contribution in [0, 0.1) is 13.8 Å². The summed E-state index contributed by atoms with van der Waals surface area (Å²) in [5.74, 6) is 0.649. The topological polar surface area (TPSA) is 75.7 Å². The zero-order valence-electron chi connectivity index (χ0n) is 20.1. The number of anilines is 1. The van der Waals surface area contributed by atoms with Crippen molar-refractivity contribution in [1.29, 1.82) is 0 Å². The number of hydrogen-bond donors (Lipinski definition) is 1. The molecule has 0 saturated heterocycles. The second-order valence-electron chi connectivity index (χ2n) is 9.13. The SMILES string of the molecule is Cc1cccc(N(CCCC(=O)NCCOc2ccc(C(C)(C)C)cc2)S(C)(=O)=O)c1C. The van der Waals surface area contributed by atoms with Crippen LogP contribution in [0.2, 0.25) is 0 Å². The lowest BCUT2D eigenvalue weighted by Crippen LogP contribution is -2.33. The number of carbonyl (C=O) groups is 1. The molecule has 0 spiro atoms. The number of hydrogen-bond acceptors (Lipinski definition) is 4. The Hall–Kier alpha value is -2.54. The van der Waals surface area contributed by atoms with Crippen LogP contribution in [-0.4, -0.2) is 40.3 Å². The van der Waals surface area contributed by atoms with E-state index in [4.69, 9.17) is 4.74 Å². The predicted octanol–water partition coefficient (Wildman–Crippen LogP) is 4.34. The third-order valence-corrected chi connectivity index (χ3v) is 6.60. The van der Waals surface area contributed by atoms with Crippen molar-refractivity contribution in [3.8, 4) is 5.75 Å². The third kappa shape index (κ3) is 7.55. The van der Waals surface area contributed by atoms with Gasteiger partial charge in [0.15, 0.2) is 0 Å². The van der Waals surface area contributed by atoms with Crippen LogP contribution in [-0.2, 0) is 20.2 Å². The minimum absolute atomic E-state index is 0.0945. The molecule has 1 N–H and O–H groups in total. The smallest absolute Gasteiger partial charge is 0.232 e. The Kier molecular flexibility index (Phi) is 8.73. The van der Waals surface area contributed by atoms with Gasteiger partial charge in [0.2, 0.25) is 15.9 Å². The molecule has 0 unspecified atom stereocenters. The summed E-state index contributed by atoms with van der Waals surface area (Å²) in [5, 5.41) is 2.83. The van der Waals surface area contributed by atoms with Gasteiger partial charge in [-0.2, -0.15) is 0 Å². The number of benzene rings is 2. The molecule has 2 aromatic carbocycles. The molecule has 7 heteroatoms. The molecule has 32 heavy (non-hydrogen) atoms. The van der Waals surface area contributed by atoms with E-state index < -0.39 is 10.0 Å². The van der Waals surface area contributed by atoms with Gasteiger partial charge in [0.25, 0.3) is 0 Å². The second-order valence-corrected chi connectivity index (χ2v) is 11.0. The van der Waals surface area contributed by atoms with E-state index in [-0.39, 0.29) is 24.3 Å². The van der Waals surface area contributed by atoms with E-state index in [1.54, 1.807) is 6.07 Å². The van der Waals surface area contributed by atoms with Crippen LogP contribution in [0.3, 0.4) is 0 Å². The summed E-state index contributed by atoms with van der Waals surface area (Å²) in [6, 6.07) is 13.6. The quantitative estimate of drug-likeness (QED) is 0.535. The Morgan fingerprint density at radius 2 is 1.72 bits per heavy atom. The van der Waals surface area contributed by atoms with Gasteiger partial charge in [0, 0.05) is 13.0 Å². The summed E-state index contributed by atoms with van der Waals surface area (Å²) in [4.78, 5) is 12.2. The van der Waals surface area contributed by atoms with Gasteiger partial charge < -0.3 is 10.1 Å². The lowest BCUT2D eigenvalue weighted by molar-refractivity contribution is -0.121. The van der Waals surface area contributed by atoms with E-state index in [0.717, 1.165) is 16.9 Å². The van der Waals surface area contributed by atoms with Gasteiger partial charge in [-0.15, -0.1) is 0 Å². The van der Waals surface area contributed by atoms with E-state index in [2.05, 4.69) is 38.2 Å². The average Bonchev–Trinajstić information content (AvgIpc) is 2.70. The summed E-state index contributed by atoms with van der Waals surface area (Å²) in [6.45, 7) is 11.4. The molecule has 0 radical (unpaired) electrons. The monoisotopic (exact) mass is 460 g/mol. The largest absolute Gasteiger partial charge is 0.492 e. The van der Waals surface area contributed by atoms with E-state index in [1.807, 2.05) is 38.1 Å². The minimum atomic E-state index is -3.44. The van der Waals surface area contributed by atoms with Crippen molar-refractivity contribution < 1.29 is 17.9 Å². The fourth-order valence-corrected chi connectivity index (χ4v) is 4.37. The molecule has 2 aromatic rings. The predicted molar refractivity (Wildman–Crippen MR) is 131 cm³/mol. The van der Waals surface area contributed by atoms with Gasteiger partial charge in [-0.3, -0.25) is 9.10 Å². The van der Waals surface area contributed by atoms with Gasteiger partial charge in [0.05, 0.1) is 18.5 Å². The number of nitrogens with one attached hydrogen (secondary N) is 1. The van der Waals surface area contributed by atoms with Crippen molar-refractivity contribution in [2.75, 3.05) is 30.3 Å². The molecule has 176 valence electrons. The minimum Gasteiger partial charge on any atom is -0.492 e. The summed E-state index contributed by atoms with van der Waals surface area (Å²) in [7, 11) is -3.44. The van der Waals surface area contributed by atoms with Gasteiger partial charge >= 0.3 is 0 Å². The Morgan fingerprint density at radius 3 is 2.31 bits per heavy atom. The number of aryl methyl sites for hydroxylation is 1. The molecule has 0 fully saturated rings. The average molecular weight is 461 g/mol. The molecule has 1 amide bonds. The number of rotatable bonds is 10. The van der Waals surface area contributed by atoms with Crippen LogP contribution in [0.5, 0.6) is 5.75 Å². The second kappa shape index (κ2) is 10.9. The van der Waals surface area contributed by atoms with Crippen LogP contribution in [0.15, 0.2) is 42.5 Å². The molecule has 0 heterocycles. The highest BCUT2D eigenvalue weighted by Crippen LogP contribution is 2.26. The lowest BCUT2D eigenvalue weighted by atomic mass is 9.87. The van der Waals surface area contributed by atoms with Crippen LogP contribution >= 0.6 is 0 Å². The van der Waals surface area contributed by atoms with Crippen molar-refractivity contribution in [3.05, 3.63) is 59.2 Å². The molecule has 0 bridgehead atoms. The maximum Gasteiger partial charge on any atom is 0.232 e. The standard InChI is InChI=1S/C25H36N2O4S/c1-19-9-7-10-23(20(19)2)27(32(6,29)30)17-8-11-24(28)26-16-18-31-22-14-12-21(13-15-22)25(3,4)5/h7,9-10,12-15H,8,11,16-18H2,1-6H3,(H,26,28). The molecular formula is C25H36N2O4S. The zero-order chi connectivity index (χ0) is 23.9. The number of amides is 1. The first kappa shape index (κ1) is 25.7. The lowest BCUT2D eigenvalue weighted by Gasteiger charge is -2.24. The normalized spacial score (nSPS) is 11.8. The highest BCUT2D eigenvalue weighted by atomic mass is 32.2. The molecule has 6 nitrogen and oxygen atoms in total. The Bertz CT molecular complexity index is 1010. The van der Waals surface area contributed by atoms with Crippen LogP contribution in [0.1, 0.15) is 50.3 Å². The first-order valence-electron chi connectivity index (χ1n) is 10.9. The summed E-state index contributed by atoms with van der Waals surface area (Å²) >= 11 is 0. The van der Waals surface area contributed by atoms with Crippen molar-refractivity contribution in [2.45, 2.75) is 52.9 Å². The highest BCUT2D eigenvalue weighted by Gasteiger charge is 2.20. The van der Waals surface area contributed by atoms with Gasteiger partial charge in [0.1, 0.15) is 12.4 Å². The fraction of sp³-hybridized carbons (Fsp3) is 0.480. The van der Waals surface area contributed by atoms with Crippen molar-refractivity contribution >= 4 is 21.6 Å². The molecular weight excluding hydrogens is 424 g/mol. The van der Waals surface area contributed by atoms with Crippen LogP contribution in [0.4, 0.5) is 5.69 Å². The van der Waals surface area contributed by atoms with E-state index in [0.29, 0.717) is 25.3 Å². The van der Waals surface area contributed by atoms with Crippen molar-refractivity contribution in [3.63, 3.8) is 0 Å². The van der Waals surface area contributed by atoms with Gasteiger partial charge in [-0.25, -0.2) is 8.42 Å². The molecule has 0 saturated carbocycles. The highest BCUT2D eigenvalue weighted by molar-refractivity contribution is 7.92. The Balaban J connectivity index is 1.78. The van der Waals surface area contributed by atoms with Crippen molar-refractivity contribution in [1.82, 2.24) is 5.32 Å². The number of nitrogens with zero attached hydrogens (tertiary/aromatic N) is 1. The summed E-state index contributed by atoms with van der Waals surface area (Å²) in [5.41, 5.74) is 3.95.